The van der Waals surface area contributed by atoms with Crippen LogP contribution in [0.1, 0.15) is 50.2 Å². The molecule has 1 amide bonds. The monoisotopic (exact) mass is 412 g/mol. The summed E-state index contributed by atoms with van der Waals surface area (Å²) in [6.45, 7) is 4.35. The van der Waals surface area contributed by atoms with Gasteiger partial charge in [-0.3, -0.25) is 4.79 Å². The number of ether oxygens (including phenoxy) is 1. The first-order valence-corrected chi connectivity index (χ1v) is 11.2. The standard InChI is InChI=1S/C24H29ClN2O2/c25-20-13-10-14-21-23(20)29-22(19-11-4-1-5-12-19)24(28)27(21)18-9-3-8-17-26-15-6-2-7-16-26/h1,4-5,10-14,22H,2-3,6-9,15-18H2. The van der Waals surface area contributed by atoms with Crippen LogP contribution in [0.15, 0.2) is 48.5 Å². The Morgan fingerprint density at radius 1 is 0.897 bits per heavy atom. The van der Waals surface area contributed by atoms with Gasteiger partial charge < -0.3 is 14.5 Å². The second-order valence-corrected chi connectivity index (χ2v) is 8.36. The molecule has 0 aliphatic carbocycles. The second-order valence-electron chi connectivity index (χ2n) is 7.95. The number of para-hydroxylation sites is 1. The van der Waals surface area contributed by atoms with Crippen molar-refractivity contribution in [2.24, 2.45) is 0 Å². The molecule has 2 aromatic rings. The highest BCUT2D eigenvalue weighted by atomic mass is 35.5. The summed E-state index contributed by atoms with van der Waals surface area (Å²) in [6, 6.07) is 15.3. The van der Waals surface area contributed by atoms with Crippen molar-refractivity contribution in [3.05, 3.63) is 59.1 Å². The van der Waals surface area contributed by atoms with Crippen LogP contribution in [0.4, 0.5) is 5.69 Å². The predicted octanol–water partition coefficient (Wildman–Crippen LogP) is 5.46. The van der Waals surface area contributed by atoms with Crippen LogP contribution in [0.25, 0.3) is 0 Å². The van der Waals surface area contributed by atoms with Crippen molar-refractivity contribution in [3.63, 3.8) is 0 Å². The van der Waals surface area contributed by atoms with Crippen molar-refractivity contribution in [1.82, 2.24) is 4.90 Å². The minimum Gasteiger partial charge on any atom is -0.472 e. The fraction of sp³-hybridized carbons (Fsp3) is 0.458. The first-order chi connectivity index (χ1) is 14.2. The molecule has 1 fully saturated rings. The van der Waals surface area contributed by atoms with Gasteiger partial charge in [0, 0.05) is 12.1 Å². The van der Waals surface area contributed by atoms with Gasteiger partial charge in [0.2, 0.25) is 6.10 Å². The molecule has 1 atom stereocenters. The van der Waals surface area contributed by atoms with Crippen molar-refractivity contribution in [1.29, 1.82) is 0 Å². The number of nitrogens with zero attached hydrogens (tertiary/aromatic N) is 2. The van der Waals surface area contributed by atoms with Crippen molar-refractivity contribution in [2.75, 3.05) is 31.1 Å². The van der Waals surface area contributed by atoms with E-state index in [0.29, 0.717) is 17.3 Å². The van der Waals surface area contributed by atoms with E-state index in [4.69, 9.17) is 16.3 Å². The number of rotatable bonds is 7. The Morgan fingerprint density at radius 2 is 1.66 bits per heavy atom. The molecule has 2 heterocycles. The molecule has 2 aromatic carbocycles. The Hall–Kier alpha value is -2.04. The summed E-state index contributed by atoms with van der Waals surface area (Å²) in [5, 5.41) is 0.547. The maximum atomic E-state index is 13.3. The van der Waals surface area contributed by atoms with Gasteiger partial charge >= 0.3 is 0 Å². The molecule has 5 heteroatoms. The number of amides is 1. The summed E-state index contributed by atoms with van der Waals surface area (Å²) >= 11 is 6.41. The fourth-order valence-electron chi connectivity index (χ4n) is 4.29. The molecule has 0 N–H and O–H groups in total. The SMILES string of the molecule is O=C1C(c2ccccc2)Oc2c(Cl)cccc2N1CCCCCN1CCCCC1. The minimum atomic E-state index is -0.642. The molecule has 0 radical (unpaired) electrons. The second kappa shape index (κ2) is 9.64. The first-order valence-electron chi connectivity index (χ1n) is 10.8. The molecule has 0 spiro atoms. The number of benzene rings is 2. The highest BCUT2D eigenvalue weighted by Crippen LogP contribution is 2.43. The summed E-state index contributed by atoms with van der Waals surface area (Å²) in [5.41, 5.74) is 1.64. The number of carbonyl (C=O) groups is 1. The van der Waals surface area contributed by atoms with Gasteiger partial charge in [-0.15, -0.1) is 0 Å². The van der Waals surface area contributed by atoms with Gasteiger partial charge in [0.05, 0.1) is 10.7 Å². The van der Waals surface area contributed by atoms with Crippen molar-refractivity contribution in [2.45, 2.75) is 44.6 Å². The molecule has 2 aliphatic rings. The van der Waals surface area contributed by atoms with Crippen LogP contribution < -0.4 is 9.64 Å². The average Bonchev–Trinajstić information content (AvgIpc) is 2.76. The maximum absolute atomic E-state index is 13.3. The van der Waals surface area contributed by atoms with E-state index in [9.17, 15) is 4.79 Å². The normalized spacial score (nSPS) is 19.7. The summed E-state index contributed by atoms with van der Waals surface area (Å²) in [6.07, 6.45) is 6.68. The molecule has 1 saturated heterocycles. The Bertz CT molecular complexity index is 821. The zero-order chi connectivity index (χ0) is 20.1. The van der Waals surface area contributed by atoms with E-state index in [-0.39, 0.29) is 5.91 Å². The number of anilines is 1. The van der Waals surface area contributed by atoms with Gasteiger partial charge in [-0.2, -0.15) is 0 Å². The molecular formula is C24H29ClN2O2. The zero-order valence-electron chi connectivity index (χ0n) is 16.9. The lowest BCUT2D eigenvalue weighted by molar-refractivity contribution is -0.126. The molecule has 0 aromatic heterocycles. The summed E-state index contributed by atoms with van der Waals surface area (Å²) in [5.74, 6) is 0.595. The third kappa shape index (κ3) is 4.76. The molecule has 4 nitrogen and oxygen atoms in total. The number of hydrogen-bond acceptors (Lipinski definition) is 3. The fourth-order valence-corrected chi connectivity index (χ4v) is 4.50. The number of halogens is 1. The van der Waals surface area contributed by atoms with Gasteiger partial charge in [-0.1, -0.05) is 60.8 Å². The van der Waals surface area contributed by atoms with Gasteiger partial charge in [-0.05, 0) is 57.5 Å². The van der Waals surface area contributed by atoms with E-state index < -0.39 is 6.10 Å². The smallest absolute Gasteiger partial charge is 0.272 e. The Balaban J connectivity index is 1.42. The van der Waals surface area contributed by atoms with Gasteiger partial charge in [0.15, 0.2) is 5.75 Å². The van der Waals surface area contributed by atoms with Gasteiger partial charge in [0.1, 0.15) is 0 Å². The average molecular weight is 413 g/mol. The van der Waals surface area contributed by atoms with E-state index in [0.717, 1.165) is 24.1 Å². The highest BCUT2D eigenvalue weighted by Gasteiger charge is 2.36. The van der Waals surface area contributed by atoms with Crippen LogP contribution in [0.5, 0.6) is 5.75 Å². The topological polar surface area (TPSA) is 32.8 Å². The van der Waals surface area contributed by atoms with E-state index >= 15 is 0 Å². The Labute approximate surface area is 178 Å². The van der Waals surface area contributed by atoms with Crippen molar-refractivity contribution >= 4 is 23.2 Å². The van der Waals surface area contributed by atoms with Crippen LogP contribution in [0.3, 0.4) is 0 Å². The molecule has 29 heavy (non-hydrogen) atoms. The molecule has 154 valence electrons. The summed E-state index contributed by atoms with van der Waals surface area (Å²) < 4.78 is 6.07. The van der Waals surface area contributed by atoms with E-state index in [2.05, 4.69) is 4.90 Å². The van der Waals surface area contributed by atoms with Crippen LogP contribution in [0.2, 0.25) is 5.02 Å². The molecule has 4 rings (SSSR count). The highest BCUT2D eigenvalue weighted by molar-refractivity contribution is 6.32. The molecule has 0 bridgehead atoms. The maximum Gasteiger partial charge on any atom is 0.272 e. The van der Waals surface area contributed by atoms with Gasteiger partial charge in [-0.25, -0.2) is 0 Å². The number of likely N-dealkylation sites (tertiary alicyclic amines) is 1. The Kier molecular flexibility index (Phi) is 6.73. The quantitative estimate of drug-likeness (QED) is 0.566. The summed E-state index contributed by atoms with van der Waals surface area (Å²) in [7, 11) is 0. The van der Waals surface area contributed by atoms with Crippen LogP contribution in [-0.4, -0.2) is 37.0 Å². The lowest BCUT2D eigenvalue weighted by Gasteiger charge is -2.35. The Morgan fingerprint density at radius 3 is 2.45 bits per heavy atom. The van der Waals surface area contributed by atoms with Crippen molar-refractivity contribution in [3.8, 4) is 5.75 Å². The lowest BCUT2D eigenvalue weighted by atomic mass is 10.0. The van der Waals surface area contributed by atoms with Crippen molar-refractivity contribution < 1.29 is 9.53 Å². The molecule has 1 unspecified atom stereocenters. The lowest BCUT2D eigenvalue weighted by Crippen LogP contribution is -2.41. The minimum absolute atomic E-state index is 0.0120. The number of piperidine rings is 1. The molecule has 2 aliphatic heterocycles. The van der Waals surface area contributed by atoms with Crippen LogP contribution in [-0.2, 0) is 4.79 Å². The largest absolute Gasteiger partial charge is 0.472 e. The number of unbranched alkanes of at least 4 members (excludes halogenated alkanes) is 2. The van der Waals surface area contributed by atoms with E-state index in [1.165, 1.54) is 45.3 Å². The number of hydrogen-bond donors (Lipinski definition) is 0. The third-order valence-electron chi connectivity index (χ3n) is 5.87. The zero-order valence-corrected chi connectivity index (χ0v) is 17.6. The first kappa shape index (κ1) is 20.2. The molecular weight excluding hydrogens is 384 g/mol. The number of fused-ring (bicyclic) bond motifs is 1. The molecule has 0 saturated carbocycles. The third-order valence-corrected chi connectivity index (χ3v) is 6.17. The van der Waals surface area contributed by atoms with E-state index in [1.54, 1.807) is 0 Å². The van der Waals surface area contributed by atoms with Gasteiger partial charge in [0.25, 0.3) is 5.91 Å². The predicted molar refractivity (Wildman–Crippen MR) is 118 cm³/mol. The van der Waals surface area contributed by atoms with E-state index in [1.807, 2.05) is 53.4 Å². The van der Waals surface area contributed by atoms with Crippen LogP contribution >= 0.6 is 11.6 Å². The summed E-state index contributed by atoms with van der Waals surface area (Å²) in [4.78, 5) is 17.7. The van der Waals surface area contributed by atoms with Crippen LogP contribution in [0, 0.1) is 0 Å². The number of carbonyl (C=O) groups excluding carboxylic acids is 1.